The minimum absolute atomic E-state index is 0.0888. The van der Waals surface area contributed by atoms with E-state index in [1.807, 2.05) is 6.08 Å². The Bertz CT molecular complexity index is 887. The van der Waals surface area contributed by atoms with Crippen LogP contribution in [0.3, 0.4) is 0 Å². The van der Waals surface area contributed by atoms with E-state index in [2.05, 4.69) is 103 Å². The molecule has 2 aromatic rings. The number of esters is 1. The van der Waals surface area contributed by atoms with Gasteiger partial charge in [0.05, 0.1) is 33.8 Å². The van der Waals surface area contributed by atoms with E-state index in [9.17, 15) is 4.79 Å². The minimum Gasteiger partial charge on any atom is -0.465 e. The van der Waals surface area contributed by atoms with Crippen LogP contribution in [0, 0.1) is 0 Å². The lowest BCUT2D eigenvalue weighted by atomic mass is 10.1. The molecule has 4 nitrogen and oxygen atoms in total. The molecule has 0 aliphatic heterocycles. The Balaban J connectivity index is 2.17. The normalized spacial score (nSPS) is 19.8. The first kappa shape index (κ1) is 23.5. The van der Waals surface area contributed by atoms with Gasteiger partial charge >= 0.3 is 5.97 Å². The molecule has 166 valence electrons. The molecular formula is C26H36NO3Si+. The van der Waals surface area contributed by atoms with E-state index in [1.54, 1.807) is 0 Å². The standard InChI is InChI=1S/C26H36NO3Si/c1-26(2,3)31(20-14-10-8-11-15-20,21-16-12-9-13-17-21)30-23-19-18-22(25(28)29-7)24(23)27(4,5)6/h8-18,23-24H,19H2,1-7H3/q+1/t23-,24-/m0/s1. The van der Waals surface area contributed by atoms with Gasteiger partial charge in [0.25, 0.3) is 8.32 Å². The molecule has 0 saturated carbocycles. The summed E-state index contributed by atoms with van der Waals surface area (Å²) in [4.78, 5) is 12.6. The van der Waals surface area contributed by atoms with E-state index in [0.29, 0.717) is 10.9 Å². The summed E-state index contributed by atoms with van der Waals surface area (Å²) < 4.78 is 13.1. The lowest BCUT2D eigenvalue weighted by Gasteiger charge is -2.47. The average molecular weight is 439 g/mol. The SMILES string of the molecule is COC(=O)C1=CC[C@H](O[Si](c2ccccc2)(c2ccccc2)C(C)(C)C)[C@H]1[N+](C)(C)C. The Hall–Kier alpha value is -2.21. The van der Waals surface area contributed by atoms with Gasteiger partial charge in [-0.05, 0) is 21.8 Å². The van der Waals surface area contributed by atoms with Crippen LogP contribution in [0.15, 0.2) is 72.3 Å². The first-order valence-corrected chi connectivity index (χ1v) is 12.8. The van der Waals surface area contributed by atoms with Crippen LogP contribution in [0.4, 0.5) is 0 Å². The Morgan fingerprint density at radius 2 is 1.42 bits per heavy atom. The molecule has 0 N–H and O–H groups in total. The Morgan fingerprint density at radius 3 is 1.81 bits per heavy atom. The summed E-state index contributed by atoms with van der Waals surface area (Å²) in [5.41, 5.74) is 0.720. The van der Waals surface area contributed by atoms with Gasteiger partial charge in [-0.25, -0.2) is 4.79 Å². The second kappa shape index (κ2) is 8.73. The summed E-state index contributed by atoms with van der Waals surface area (Å²) in [6.07, 6.45) is 2.61. The van der Waals surface area contributed by atoms with Crippen molar-refractivity contribution in [2.75, 3.05) is 28.3 Å². The fraction of sp³-hybridized carbons (Fsp3) is 0.423. The molecule has 1 aliphatic rings. The van der Waals surface area contributed by atoms with Crippen LogP contribution in [-0.2, 0) is 14.0 Å². The molecule has 2 atom stereocenters. The Kier molecular flexibility index (Phi) is 6.60. The highest BCUT2D eigenvalue weighted by Crippen LogP contribution is 2.41. The van der Waals surface area contributed by atoms with Crippen molar-refractivity contribution < 1.29 is 18.4 Å². The second-order valence-electron chi connectivity index (χ2n) is 10.3. The molecule has 0 heterocycles. The second-order valence-corrected chi connectivity index (χ2v) is 14.5. The van der Waals surface area contributed by atoms with Crippen molar-refractivity contribution >= 4 is 24.7 Å². The lowest BCUT2D eigenvalue weighted by molar-refractivity contribution is -0.892. The fourth-order valence-corrected chi connectivity index (χ4v) is 9.66. The van der Waals surface area contributed by atoms with Gasteiger partial charge in [0.15, 0.2) is 0 Å². The zero-order valence-corrected chi connectivity index (χ0v) is 20.9. The molecule has 1 aliphatic carbocycles. The molecule has 0 unspecified atom stereocenters. The van der Waals surface area contributed by atoms with Gasteiger partial charge in [-0.3, -0.25) is 0 Å². The number of hydrogen-bond acceptors (Lipinski definition) is 3. The van der Waals surface area contributed by atoms with Gasteiger partial charge in [-0.1, -0.05) is 87.5 Å². The molecular weight excluding hydrogens is 402 g/mol. The van der Waals surface area contributed by atoms with Crippen molar-refractivity contribution in [1.82, 2.24) is 0 Å². The summed E-state index contributed by atoms with van der Waals surface area (Å²) in [7, 11) is 5.10. The van der Waals surface area contributed by atoms with Crippen molar-refractivity contribution in [3.05, 3.63) is 72.3 Å². The Morgan fingerprint density at radius 1 is 0.935 bits per heavy atom. The molecule has 31 heavy (non-hydrogen) atoms. The number of carbonyl (C=O) groups is 1. The predicted molar refractivity (Wildman–Crippen MR) is 129 cm³/mol. The molecule has 2 aromatic carbocycles. The summed E-state index contributed by atoms with van der Waals surface area (Å²) in [5, 5.41) is 2.39. The van der Waals surface area contributed by atoms with Crippen LogP contribution in [0.1, 0.15) is 27.2 Å². The summed E-state index contributed by atoms with van der Waals surface area (Å²) >= 11 is 0. The molecule has 5 heteroatoms. The van der Waals surface area contributed by atoms with Gasteiger partial charge in [0.1, 0.15) is 12.1 Å². The molecule has 0 amide bonds. The van der Waals surface area contributed by atoms with E-state index in [0.717, 1.165) is 5.57 Å². The minimum atomic E-state index is -2.70. The summed E-state index contributed by atoms with van der Waals surface area (Å²) in [5.74, 6) is -0.258. The number of likely N-dealkylation sites (N-methyl/N-ethyl adjacent to an activating group) is 1. The smallest absolute Gasteiger partial charge is 0.339 e. The predicted octanol–water partition coefficient (Wildman–Crippen LogP) is 3.51. The number of hydrogen-bond donors (Lipinski definition) is 0. The molecule has 0 radical (unpaired) electrons. The van der Waals surface area contributed by atoms with Crippen molar-refractivity contribution in [3.63, 3.8) is 0 Å². The van der Waals surface area contributed by atoms with Crippen molar-refractivity contribution in [1.29, 1.82) is 0 Å². The zero-order valence-electron chi connectivity index (χ0n) is 19.9. The highest BCUT2D eigenvalue weighted by atomic mass is 28.4. The number of carbonyl (C=O) groups excluding carboxylic acids is 1. The zero-order chi connectivity index (χ0) is 22.9. The summed E-state index contributed by atoms with van der Waals surface area (Å²) in [6.45, 7) is 6.84. The number of nitrogens with zero attached hydrogens (tertiary/aromatic N) is 1. The molecule has 0 bridgehead atoms. The van der Waals surface area contributed by atoms with Gasteiger partial charge in [-0.2, -0.15) is 0 Å². The monoisotopic (exact) mass is 438 g/mol. The summed E-state index contributed by atoms with van der Waals surface area (Å²) in [6, 6.07) is 21.2. The largest absolute Gasteiger partial charge is 0.465 e. The third-order valence-corrected chi connectivity index (χ3v) is 11.3. The number of benzene rings is 2. The molecule has 0 spiro atoms. The lowest BCUT2D eigenvalue weighted by Crippen LogP contribution is -2.69. The molecule has 0 saturated heterocycles. The molecule has 0 fully saturated rings. The van der Waals surface area contributed by atoms with E-state index in [4.69, 9.17) is 9.16 Å². The van der Waals surface area contributed by atoms with Crippen LogP contribution < -0.4 is 10.4 Å². The van der Waals surface area contributed by atoms with Crippen LogP contribution in [0.5, 0.6) is 0 Å². The first-order valence-electron chi connectivity index (χ1n) is 10.9. The third-order valence-electron chi connectivity index (χ3n) is 6.24. The number of methoxy groups -OCH3 is 1. The maximum atomic E-state index is 12.6. The highest BCUT2D eigenvalue weighted by Gasteiger charge is 2.55. The van der Waals surface area contributed by atoms with Gasteiger partial charge in [-0.15, -0.1) is 0 Å². The van der Waals surface area contributed by atoms with E-state index in [-0.39, 0.29) is 23.2 Å². The van der Waals surface area contributed by atoms with Gasteiger partial charge in [0.2, 0.25) is 0 Å². The molecule has 3 rings (SSSR count). The Labute approximate surface area is 188 Å². The van der Waals surface area contributed by atoms with Crippen LogP contribution in [0.2, 0.25) is 5.04 Å². The maximum Gasteiger partial charge on any atom is 0.339 e. The van der Waals surface area contributed by atoms with E-state index in [1.165, 1.54) is 17.5 Å². The number of rotatable bonds is 6. The third kappa shape index (κ3) is 4.40. The maximum absolute atomic E-state index is 12.6. The van der Waals surface area contributed by atoms with E-state index < -0.39 is 8.32 Å². The van der Waals surface area contributed by atoms with Crippen LogP contribution in [-0.4, -0.2) is 59.2 Å². The fourth-order valence-electron chi connectivity index (χ4n) is 4.96. The van der Waals surface area contributed by atoms with Crippen LogP contribution >= 0.6 is 0 Å². The van der Waals surface area contributed by atoms with E-state index >= 15 is 0 Å². The quantitative estimate of drug-likeness (QED) is 0.393. The highest BCUT2D eigenvalue weighted by molar-refractivity contribution is 6.99. The molecule has 0 aromatic heterocycles. The number of quaternary nitrogens is 1. The average Bonchev–Trinajstić information content (AvgIpc) is 3.16. The van der Waals surface area contributed by atoms with Crippen molar-refractivity contribution in [2.24, 2.45) is 0 Å². The van der Waals surface area contributed by atoms with Gasteiger partial charge < -0.3 is 13.6 Å². The first-order chi connectivity index (χ1) is 14.5. The number of ether oxygens (including phenoxy) is 1. The van der Waals surface area contributed by atoms with Gasteiger partial charge in [0, 0.05) is 0 Å². The topological polar surface area (TPSA) is 35.5 Å². The van der Waals surface area contributed by atoms with Crippen molar-refractivity contribution in [3.8, 4) is 0 Å². The van der Waals surface area contributed by atoms with Crippen LogP contribution in [0.25, 0.3) is 0 Å². The van der Waals surface area contributed by atoms with Crippen molar-refractivity contribution in [2.45, 2.75) is 44.4 Å².